The highest BCUT2D eigenvalue weighted by Crippen LogP contribution is 2.13. The number of methoxy groups -OCH3 is 1. The maximum absolute atomic E-state index is 11.7. The summed E-state index contributed by atoms with van der Waals surface area (Å²) in [5.74, 6) is -0.838. The zero-order chi connectivity index (χ0) is 13.1. The van der Waals surface area contributed by atoms with Gasteiger partial charge in [0, 0.05) is 0 Å². The van der Waals surface area contributed by atoms with Crippen LogP contribution in [-0.4, -0.2) is 24.6 Å². The van der Waals surface area contributed by atoms with E-state index >= 15 is 0 Å². The maximum Gasteiger partial charge on any atom is 0.338 e. The highest BCUT2D eigenvalue weighted by Gasteiger charge is 2.18. The molecule has 0 amide bonds. The first-order valence-corrected chi connectivity index (χ1v) is 5.25. The van der Waals surface area contributed by atoms with E-state index in [9.17, 15) is 9.59 Å². The van der Waals surface area contributed by atoms with Crippen LogP contribution < -0.4 is 0 Å². The van der Waals surface area contributed by atoms with Gasteiger partial charge < -0.3 is 9.47 Å². The molecule has 0 unspecified atom stereocenters. The number of carbonyl (C=O) groups is 2. The van der Waals surface area contributed by atoms with Gasteiger partial charge in [0.25, 0.3) is 0 Å². The lowest BCUT2D eigenvalue weighted by Crippen LogP contribution is -2.23. The van der Waals surface area contributed by atoms with E-state index in [0.717, 1.165) is 0 Å². The Labute approximate surface area is 101 Å². The number of esters is 2. The van der Waals surface area contributed by atoms with Gasteiger partial charge >= 0.3 is 11.9 Å². The smallest absolute Gasteiger partial charge is 0.338 e. The van der Waals surface area contributed by atoms with Crippen LogP contribution in [0.1, 0.15) is 41.5 Å². The van der Waals surface area contributed by atoms with Gasteiger partial charge in [0.1, 0.15) is 5.60 Å². The number of rotatable bonds is 2. The van der Waals surface area contributed by atoms with Crippen LogP contribution in [0.15, 0.2) is 24.3 Å². The Hall–Kier alpha value is -1.84. The molecular weight excluding hydrogens is 220 g/mol. The molecule has 1 rings (SSSR count). The van der Waals surface area contributed by atoms with Gasteiger partial charge in [-0.2, -0.15) is 0 Å². The largest absolute Gasteiger partial charge is 0.465 e. The van der Waals surface area contributed by atoms with Gasteiger partial charge in [-0.3, -0.25) is 0 Å². The van der Waals surface area contributed by atoms with Crippen molar-refractivity contribution < 1.29 is 19.1 Å². The third-order valence-electron chi connectivity index (χ3n) is 1.94. The molecule has 17 heavy (non-hydrogen) atoms. The number of hydrogen-bond acceptors (Lipinski definition) is 4. The summed E-state index contributed by atoms with van der Waals surface area (Å²) in [6.07, 6.45) is 0. The molecule has 0 heterocycles. The van der Waals surface area contributed by atoms with Gasteiger partial charge in [0.15, 0.2) is 0 Å². The van der Waals surface area contributed by atoms with E-state index < -0.39 is 17.5 Å². The molecule has 4 heteroatoms. The summed E-state index contributed by atoms with van der Waals surface area (Å²) in [5.41, 5.74) is 0.283. The van der Waals surface area contributed by atoms with Gasteiger partial charge in [-0.15, -0.1) is 0 Å². The molecule has 0 aromatic heterocycles. The van der Waals surface area contributed by atoms with Crippen molar-refractivity contribution in [3.8, 4) is 0 Å². The fraction of sp³-hybridized carbons (Fsp3) is 0.385. The molecule has 1 aromatic rings. The minimum absolute atomic E-state index is 0.403. The summed E-state index contributed by atoms with van der Waals surface area (Å²) in [7, 11) is 1.31. The van der Waals surface area contributed by atoms with E-state index in [4.69, 9.17) is 4.74 Å². The van der Waals surface area contributed by atoms with Crippen molar-refractivity contribution in [1.82, 2.24) is 0 Å². The molecular formula is C13H16O4. The van der Waals surface area contributed by atoms with Gasteiger partial charge in [0.05, 0.1) is 18.2 Å². The monoisotopic (exact) mass is 236 g/mol. The van der Waals surface area contributed by atoms with E-state index in [0.29, 0.717) is 11.1 Å². The van der Waals surface area contributed by atoms with Crippen molar-refractivity contribution in [1.29, 1.82) is 0 Å². The quantitative estimate of drug-likeness (QED) is 0.740. The zero-order valence-electron chi connectivity index (χ0n) is 10.4. The molecule has 0 bridgehead atoms. The molecule has 0 saturated carbocycles. The van der Waals surface area contributed by atoms with Crippen molar-refractivity contribution in [2.45, 2.75) is 26.4 Å². The maximum atomic E-state index is 11.7. The molecule has 92 valence electrons. The van der Waals surface area contributed by atoms with E-state index in [2.05, 4.69) is 4.74 Å². The molecule has 0 atom stereocenters. The predicted molar refractivity (Wildman–Crippen MR) is 63.0 cm³/mol. The Morgan fingerprint density at radius 2 is 1.35 bits per heavy atom. The minimum atomic E-state index is -0.530. The average molecular weight is 236 g/mol. The molecule has 1 aromatic carbocycles. The number of carbonyl (C=O) groups excluding carboxylic acids is 2. The van der Waals surface area contributed by atoms with Crippen LogP contribution in [-0.2, 0) is 9.47 Å². The van der Waals surface area contributed by atoms with Crippen LogP contribution >= 0.6 is 0 Å². The number of benzene rings is 1. The van der Waals surface area contributed by atoms with E-state index in [1.807, 2.05) is 0 Å². The molecule has 4 nitrogen and oxygen atoms in total. The molecule has 0 saturated heterocycles. The first kappa shape index (κ1) is 13.2. The summed E-state index contributed by atoms with van der Waals surface area (Å²) in [6, 6.07) is 6.15. The lowest BCUT2D eigenvalue weighted by molar-refractivity contribution is 0.00691. The van der Waals surface area contributed by atoms with Crippen LogP contribution in [0.25, 0.3) is 0 Å². The van der Waals surface area contributed by atoms with Gasteiger partial charge in [-0.25, -0.2) is 9.59 Å². The second kappa shape index (κ2) is 4.99. The molecule has 0 fully saturated rings. The normalized spacial score (nSPS) is 10.8. The molecule has 0 radical (unpaired) electrons. The Balaban J connectivity index is 2.81. The lowest BCUT2D eigenvalue weighted by Gasteiger charge is -2.19. The third-order valence-corrected chi connectivity index (χ3v) is 1.94. The molecule has 0 aliphatic carbocycles. The SMILES string of the molecule is COC(=O)c1ccc(C(=O)OC(C)(C)C)cc1. The molecule has 0 N–H and O–H groups in total. The fourth-order valence-electron chi connectivity index (χ4n) is 1.20. The summed E-state index contributed by atoms with van der Waals surface area (Å²) in [4.78, 5) is 22.9. The Morgan fingerprint density at radius 1 is 0.941 bits per heavy atom. The Kier molecular flexibility index (Phi) is 3.89. The van der Waals surface area contributed by atoms with Gasteiger partial charge in [0.2, 0.25) is 0 Å². The van der Waals surface area contributed by atoms with E-state index in [1.54, 1.807) is 32.9 Å². The summed E-state index contributed by atoms with van der Waals surface area (Å²) < 4.78 is 9.76. The van der Waals surface area contributed by atoms with Crippen molar-refractivity contribution in [2.24, 2.45) is 0 Å². The van der Waals surface area contributed by atoms with Crippen LogP contribution in [0, 0.1) is 0 Å². The van der Waals surface area contributed by atoms with E-state index in [-0.39, 0.29) is 0 Å². The van der Waals surface area contributed by atoms with Crippen LogP contribution in [0.2, 0.25) is 0 Å². The number of ether oxygens (including phenoxy) is 2. The summed E-state index contributed by atoms with van der Waals surface area (Å²) in [5, 5.41) is 0. The average Bonchev–Trinajstić information content (AvgIpc) is 2.26. The van der Waals surface area contributed by atoms with Gasteiger partial charge in [-0.1, -0.05) is 0 Å². The molecule has 0 aliphatic rings. The standard InChI is InChI=1S/C13H16O4/c1-13(2,3)17-12(15)10-7-5-9(6-8-10)11(14)16-4/h5-8H,1-4H3. The zero-order valence-corrected chi connectivity index (χ0v) is 10.4. The lowest BCUT2D eigenvalue weighted by atomic mass is 10.1. The molecule has 0 aliphatic heterocycles. The van der Waals surface area contributed by atoms with E-state index in [1.165, 1.54) is 19.2 Å². The summed E-state index contributed by atoms with van der Waals surface area (Å²) in [6.45, 7) is 5.40. The first-order chi connectivity index (χ1) is 7.83. The van der Waals surface area contributed by atoms with Crippen molar-refractivity contribution in [3.05, 3.63) is 35.4 Å². The summed E-state index contributed by atoms with van der Waals surface area (Å²) >= 11 is 0. The van der Waals surface area contributed by atoms with Crippen molar-refractivity contribution >= 4 is 11.9 Å². The second-order valence-electron chi connectivity index (χ2n) is 4.57. The molecule has 0 spiro atoms. The minimum Gasteiger partial charge on any atom is -0.465 e. The van der Waals surface area contributed by atoms with Gasteiger partial charge in [-0.05, 0) is 45.0 Å². The van der Waals surface area contributed by atoms with Crippen molar-refractivity contribution in [2.75, 3.05) is 7.11 Å². The van der Waals surface area contributed by atoms with Crippen LogP contribution in [0.4, 0.5) is 0 Å². The number of hydrogen-bond donors (Lipinski definition) is 0. The second-order valence-corrected chi connectivity index (χ2v) is 4.57. The first-order valence-electron chi connectivity index (χ1n) is 5.25. The third kappa shape index (κ3) is 3.90. The predicted octanol–water partition coefficient (Wildman–Crippen LogP) is 2.43. The highest BCUT2D eigenvalue weighted by molar-refractivity contribution is 5.93. The Bertz CT molecular complexity index is 412. The Morgan fingerprint density at radius 3 is 1.71 bits per heavy atom. The highest BCUT2D eigenvalue weighted by atomic mass is 16.6. The van der Waals surface area contributed by atoms with Crippen LogP contribution in [0.3, 0.4) is 0 Å². The fourth-order valence-corrected chi connectivity index (χ4v) is 1.20. The topological polar surface area (TPSA) is 52.6 Å². The van der Waals surface area contributed by atoms with Crippen LogP contribution in [0.5, 0.6) is 0 Å². The van der Waals surface area contributed by atoms with Crippen molar-refractivity contribution in [3.63, 3.8) is 0 Å².